The standard InChI is InChI=1S/C11H20N2O3/c1-3-8(2)12-6-10(14)13-5-4-9(7-13)11(15)16/h8-9,12H,3-7H2,1-2H3,(H,15,16). The summed E-state index contributed by atoms with van der Waals surface area (Å²) in [6, 6.07) is 0.321. The van der Waals surface area contributed by atoms with E-state index in [1.807, 2.05) is 6.92 Å². The van der Waals surface area contributed by atoms with Crippen molar-refractivity contribution < 1.29 is 14.7 Å². The molecular formula is C11H20N2O3. The molecule has 1 rings (SSSR count). The molecule has 2 N–H and O–H groups in total. The molecule has 0 spiro atoms. The van der Waals surface area contributed by atoms with E-state index < -0.39 is 5.97 Å². The lowest BCUT2D eigenvalue weighted by Gasteiger charge is -2.18. The van der Waals surface area contributed by atoms with Crippen molar-refractivity contribution in [1.29, 1.82) is 0 Å². The molecule has 0 bridgehead atoms. The van der Waals surface area contributed by atoms with Gasteiger partial charge in [0.05, 0.1) is 12.5 Å². The van der Waals surface area contributed by atoms with Gasteiger partial charge in [0.15, 0.2) is 0 Å². The van der Waals surface area contributed by atoms with Crippen LogP contribution in [0.5, 0.6) is 0 Å². The summed E-state index contributed by atoms with van der Waals surface area (Å²) >= 11 is 0. The SMILES string of the molecule is CCC(C)NCC(=O)N1CCC(C(=O)O)C1. The molecule has 2 atom stereocenters. The van der Waals surface area contributed by atoms with Gasteiger partial charge in [0.25, 0.3) is 0 Å². The summed E-state index contributed by atoms with van der Waals surface area (Å²) < 4.78 is 0. The van der Waals surface area contributed by atoms with Crippen LogP contribution in [-0.2, 0) is 9.59 Å². The lowest BCUT2D eigenvalue weighted by Crippen LogP contribution is -2.40. The van der Waals surface area contributed by atoms with Crippen LogP contribution >= 0.6 is 0 Å². The molecular weight excluding hydrogens is 208 g/mol. The van der Waals surface area contributed by atoms with Crippen molar-refractivity contribution in [2.75, 3.05) is 19.6 Å². The lowest BCUT2D eigenvalue weighted by atomic mass is 10.1. The fourth-order valence-electron chi connectivity index (χ4n) is 1.71. The number of carbonyl (C=O) groups excluding carboxylic acids is 1. The number of carbonyl (C=O) groups is 2. The van der Waals surface area contributed by atoms with Crippen LogP contribution in [-0.4, -0.2) is 47.6 Å². The molecule has 1 aliphatic heterocycles. The minimum Gasteiger partial charge on any atom is -0.481 e. The third-order valence-corrected chi connectivity index (χ3v) is 3.10. The summed E-state index contributed by atoms with van der Waals surface area (Å²) in [5.41, 5.74) is 0. The van der Waals surface area contributed by atoms with E-state index in [0.29, 0.717) is 32.1 Å². The molecule has 0 aromatic carbocycles. The number of carboxylic acids is 1. The lowest BCUT2D eigenvalue weighted by molar-refractivity contribution is -0.141. The molecule has 5 nitrogen and oxygen atoms in total. The number of hydrogen-bond acceptors (Lipinski definition) is 3. The van der Waals surface area contributed by atoms with Gasteiger partial charge in [-0.1, -0.05) is 6.92 Å². The second kappa shape index (κ2) is 5.84. The van der Waals surface area contributed by atoms with Crippen LogP contribution in [0.4, 0.5) is 0 Å². The fourth-order valence-corrected chi connectivity index (χ4v) is 1.71. The second-order valence-electron chi connectivity index (χ2n) is 4.35. The number of nitrogens with one attached hydrogen (secondary N) is 1. The number of carboxylic acid groups (broad SMARTS) is 1. The van der Waals surface area contributed by atoms with E-state index in [4.69, 9.17) is 5.11 Å². The maximum atomic E-state index is 11.7. The molecule has 1 heterocycles. The molecule has 0 saturated carbocycles. The molecule has 1 aliphatic rings. The van der Waals surface area contributed by atoms with Crippen molar-refractivity contribution in [3.63, 3.8) is 0 Å². The molecule has 0 aromatic rings. The van der Waals surface area contributed by atoms with Crippen molar-refractivity contribution in [2.45, 2.75) is 32.7 Å². The Morgan fingerprint density at radius 3 is 2.75 bits per heavy atom. The predicted molar refractivity (Wildman–Crippen MR) is 60.1 cm³/mol. The zero-order valence-electron chi connectivity index (χ0n) is 9.90. The van der Waals surface area contributed by atoms with Gasteiger partial charge in [-0.3, -0.25) is 9.59 Å². The number of amides is 1. The molecule has 1 fully saturated rings. The van der Waals surface area contributed by atoms with Crippen molar-refractivity contribution in [3.05, 3.63) is 0 Å². The quantitative estimate of drug-likeness (QED) is 0.710. The zero-order valence-corrected chi connectivity index (χ0v) is 9.90. The average molecular weight is 228 g/mol. The number of hydrogen-bond donors (Lipinski definition) is 2. The van der Waals surface area contributed by atoms with Gasteiger partial charge in [0, 0.05) is 19.1 Å². The van der Waals surface area contributed by atoms with Crippen LogP contribution in [0.15, 0.2) is 0 Å². The van der Waals surface area contributed by atoms with Gasteiger partial charge in [-0.25, -0.2) is 0 Å². The molecule has 16 heavy (non-hydrogen) atoms. The van der Waals surface area contributed by atoms with E-state index in [-0.39, 0.29) is 11.8 Å². The number of aliphatic carboxylic acids is 1. The molecule has 5 heteroatoms. The summed E-state index contributed by atoms with van der Waals surface area (Å²) in [6.07, 6.45) is 1.55. The first-order valence-electron chi connectivity index (χ1n) is 5.78. The maximum absolute atomic E-state index is 11.7. The van der Waals surface area contributed by atoms with Crippen molar-refractivity contribution in [1.82, 2.24) is 10.2 Å². The van der Waals surface area contributed by atoms with E-state index >= 15 is 0 Å². The predicted octanol–water partition coefficient (Wildman–Crippen LogP) is 0.308. The number of rotatable bonds is 5. The van der Waals surface area contributed by atoms with Gasteiger partial charge in [-0.15, -0.1) is 0 Å². The summed E-state index contributed by atoms with van der Waals surface area (Å²) in [7, 11) is 0. The highest BCUT2D eigenvalue weighted by Crippen LogP contribution is 2.15. The Hall–Kier alpha value is -1.10. The average Bonchev–Trinajstić information content (AvgIpc) is 2.74. The van der Waals surface area contributed by atoms with Crippen LogP contribution in [0.2, 0.25) is 0 Å². The molecule has 0 aromatic heterocycles. The van der Waals surface area contributed by atoms with Crippen molar-refractivity contribution >= 4 is 11.9 Å². The molecule has 92 valence electrons. The number of nitrogens with zero attached hydrogens (tertiary/aromatic N) is 1. The Morgan fingerprint density at radius 1 is 1.56 bits per heavy atom. The third kappa shape index (κ3) is 3.48. The van der Waals surface area contributed by atoms with E-state index in [9.17, 15) is 9.59 Å². The summed E-state index contributed by atoms with van der Waals surface area (Å²) in [6.45, 7) is 5.31. The third-order valence-electron chi connectivity index (χ3n) is 3.10. The Bertz CT molecular complexity index is 268. The van der Waals surface area contributed by atoms with E-state index in [1.165, 1.54) is 0 Å². The highest BCUT2D eigenvalue weighted by atomic mass is 16.4. The topological polar surface area (TPSA) is 69.6 Å². The van der Waals surface area contributed by atoms with E-state index in [0.717, 1.165) is 6.42 Å². The second-order valence-corrected chi connectivity index (χ2v) is 4.35. The largest absolute Gasteiger partial charge is 0.481 e. The van der Waals surface area contributed by atoms with Crippen molar-refractivity contribution in [3.8, 4) is 0 Å². The van der Waals surface area contributed by atoms with Crippen LogP contribution in [0.1, 0.15) is 26.7 Å². The Balaban J connectivity index is 2.31. The van der Waals surface area contributed by atoms with Gasteiger partial charge in [-0.2, -0.15) is 0 Å². The van der Waals surface area contributed by atoms with Crippen LogP contribution in [0.3, 0.4) is 0 Å². The first-order chi connectivity index (χ1) is 7.54. The zero-order chi connectivity index (χ0) is 12.1. The van der Waals surface area contributed by atoms with Gasteiger partial charge in [-0.05, 0) is 19.8 Å². The fraction of sp³-hybridized carbons (Fsp3) is 0.818. The first kappa shape index (κ1) is 13.0. The minimum atomic E-state index is -0.801. The first-order valence-corrected chi connectivity index (χ1v) is 5.78. The Morgan fingerprint density at radius 2 is 2.25 bits per heavy atom. The van der Waals surface area contributed by atoms with Gasteiger partial charge >= 0.3 is 5.97 Å². The minimum absolute atomic E-state index is 0.00375. The van der Waals surface area contributed by atoms with Gasteiger partial charge in [0.1, 0.15) is 0 Å². The Kier molecular flexibility index (Phi) is 4.73. The monoisotopic (exact) mass is 228 g/mol. The van der Waals surface area contributed by atoms with E-state index in [1.54, 1.807) is 4.90 Å². The smallest absolute Gasteiger partial charge is 0.308 e. The highest BCUT2D eigenvalue weighted by molar-refractivity contribution is 5.80. The van der Waals surface area contributed by atoms with Crippen LogP contribution in [0.25, 0.3) is 0 Å². The van der Waals surface area contributed by atoms with Gasteiger partial charge < -0.3 is 15.3 Å². The van der Waals surface area contributed by atoms with E-state index in [2.05, 4.69) is 12.2 Å². The van der Waals surface area contributed by atoms with Crippen LogP contribution in [0, 0.1) is 5.92 Å². The molecule has 1 saturated heterocycles. The normalized spacial score (nSPS) is 22.1. The van der Waals surface area contributed by atoms with Gasteiger partial charge in [0.2, 0.25) is 5.91 Å². The summed E-state index contributed by atoms with van der Waals surface area (Å²) in [4.78, 5) is 24.1. The number of likely N-dealkylation sites (tertiary alicyclic amines) is 1. The molecule has 0 aliphatic carbocycles. The Labute approximate surface area is 95.8 Å². The summed E-state index contributed by atoms with van der Waals surface area (Å²) in [5.74, 6) is -1.18. The maximum Gasteiger partial charge on any atom is 0.308 e. The molecule has 0 radical (unpaired) electrons. The highest BCUT2D eigenvalue weighted by Gasteiger charge is 2.30. The molecule has 2 unspecified atom stereocenters. The van der Waals surface area contributed by atoms with Crippen LogP contribution < -0.4 is 5.32 Å². The van der Waals surface area contributed by atoms with Crippen molar-refractivity contribution in [2.24, 2.45) is 5.92 Å². The summed E-state index contributed by atoms with van der Waals surface area (Å²) in [5, 5.41) is 11.9. The molecule has 1 amide bonds.